The summed E-state index contributed by atoms with van der Waals surface area (Å²) in [6, 6.07) is 2.34. The van der Waals surface area contributed by atoms with Gasteiger partial charge in [0.2, 0.25) is 10.0 Å². The van der Waals surface area contributed by atoms with Crippen LogP contribution in [0.5, 0.6) is 0 Å². The molecule has 0 unspecified atom stereocenters. The summed E-state index contributed by atoms with van der Waals surface area (Å²) in [6.45, 7) is 1.30. The van der Waals surface area contributed by atoms with Gasteiger partial charge in [-0.05, 0) is 61.3 Å². The van der Waals surface area contributed by atoms with E-state index in [2.05, 4.69) is 10.0 Å². The van der Waals surface area contributed by atoms with Crippen molar-refractivity contribution in [1.82, 2.24) is 10.0 Å². The van der Waals surface area contributed by atoms with Gasteiger partial charge in [-0.1, -0.05) is 0 Å². The predicted molar refractivity (Wildman–Crippen MR) is 83.8 cm³/mol. The smallest absolute Gasteiger partial charge is 0.241 e. The molecule has 0 radical (unpaired) electrons. The van der Waals surface area contributed by atoms with Crippen LogP contribution in [0.15, 0.2) is 16.3 Å². The average Bonchev–Trinajstić information content (AvgIpc) is 3.31. The summed E-state index contributed by atoms with van der Waals surface area (Å²) < 4.78 is 28.0. The van der Waals surface area contributed by atoms with Crippen molar-refractivity contribution in [2.75, 3.05) is 6.54 Å². The first-order valence-corrected chi connectivity index (χ1v) is 10.2. The van der Waals surface area contributed by atoms with Crippen LogP contribution in [-0.2, 0) is 16.6 Å². The number of thiophene rings is 1. The highest BCUT2D eigenvalue weighted by atomic mass is 32.2. The van der Waals surface area contributed by atoms with Crippen molar-refractivity contribution in [3.05, 3.63) is 16.3 Å². The summed E-state index contributed by atoms with van der Waals surface area (Å²) in [6.07, 6.45) is 7.40. The van der Waals surface area contributed by atoms with Crippen molar-refractivity contribution in [3.63, 3.8) is 0 Å². The quantitative estimate of drug-likeness (QED) is 0.771. The second kappa shape index (κ2) is 5.05. The van der Waals surface area contributed by atoms with E-state index < -0.39 is 10.0 Å². The van der Waals surface area contributed by atoms with Gasteiger partial charge in [-0.15, -0.1) is 11.3 Å². The third-order valence-corrected chi connectivity index (χ3v) is 7.61. The van der Waals surface area contributed by atoms with Crippen molar-refractivity contribution >= 4 is 21.4 Å². The SMILES string of the molecule is O=S(=O)(NCC1(C2CC2)CC1)c1ccsc1CNC1CC1. The lowest BCUT2D eigenvalue weighted by Crippen LogP contribution is -2.31. The fourth-order valence-electron chi connectivity index (χ4n) is 3.12. The Morgan fingerprint density at radius 3 is 2.62 bits per heavy atom. The fraction of sp³-hybridized carbons (Fsp3) is 0.733. The minimum absolute atomic E-state index is 0.301. The molecular formula is C15H22N2O2S2. The molecule has 0 aromatic carbocycles. The minimum atomic E-state index is -3.35. The van der Waals surface area contributed by atoms with Crippen molar-refractivity contribution < 1.29 is 8.42 Å². The predicted octanol–water partition coefficient (Wildman–Crippen LogP) is 2.47. The van der Waals surface area contributed by atoms with Crippen LogP contribution in [0.2, 0.25) is 0 Å². The van der Waals surface area contributed by atoms with Crippen LogP contribution >= 0.6 is 11.3 Å². The summed E-state index contributed by atoms with van der Waals surface area (Å²) in [5.41, 5.74) is 0.301. The van der Waals surface area contributed by atoms with Gasteiger partial charge in [0.1, 0.15) is 0 Å². The van der Waals surface area contributed by atoms with Crippen molar-refractivity contribution in [3.8, 4) is 0 Å². The van der Waals surface area contributed by atoms with Crippen LogP contribution in [0.3, 0.4) is 0 Å². The Kier molecular flexibility index (Phi) is 3.41. The molecular weight excluding hydrogens is 304 g/mol. The molecule has 1 aromatic rings. The maximum atomic E-state index is 12.6. The number of nitrogens with one attached hydrogen (secondary N) is 2. The van der Waals surface area contributed by atoms with Crippen LogP contribution in [0.4, 0.5) is 0 Å². The van der Waals surface area contributed by atoms with Crippen molar-refractivity contribution in [1.29, 1.82) is 0 Å². The molecule has 4 rings (SSSR count). The summed E-state index contributed by atoms with van der Waals surface area (Å²) in [7, 11) is -3.35. The first-order chi connectivity index (χ1) is 10.1. The Bertz CT molecular complexity index is 626. The maximum Gasteiger partial charge on any atom is 0.241 e. The summed E-state index contributed by atoms with van der Waals surface area (Å²) in [5.74, 6) is 0.777. The standard InChI is InChI=1S/C15H22N2O2S2/c18-21(19,17-10-15(6-7-15)11-1-2-11)14-5-8-20-13(14)9-16-12-3-4-12/h5,8,11-12,16-17H,1-4,6-7,9-10H2. The first-order valence-electron chi connectivity index (χ1n) is 7.89. The zero-order chi connectivity index (χ0) is 14.5. The molecule has 0 saturated heterocycles. The third kappa shape index (κ3) is 3.04. The second-order valence-corrected chi connectivity index (χ2v) is 9.56. The van der Waals surface area contributed by atoms with Gasteiger partial charge in [0, 0.05) is 24.0 Å². The molecule has 3 aliphatic carbocycles. The summed E-state index contributed by atoms with van der Waals surface area (Å²) in [4.78, 5) is 1.41. The number of hydrogen-bond acceptors (Lipinski definition) is 4. The Hall–Kier alpha value is -0.430. The fourth-order valence-corrected chi connectivity index (χ4v) is 5.65. The molecule has 0 aliphatic heterocycles. The highest BCUT2D eigenvalue weighted by Crippen LogP contribution is 2.60. The van der Waals surface area contributed by atoms with Gasteiger partial charge in [-0.25, -0.2) is 13.1 Å². The van der Waals surface area contributed by atoms with Gasteiger partial charge in [-0.2, -0.15) is 0 Å². The average molecular weight is 326 g/mol. The minimum Gasteiger partial charge on any atom is -0.309 e. The van der Waals surface area contributed by atoms with E-state index in [1.165, 1.54) is 49.9 Å². The van der Waals surface area contributed by atoms with E-state index in [0.29, 0.717) is 29.4 Å². The summed E-state index contributed by atoms with van der Waals surface area (Å²) in [5, 5.41) is 5.28. The van der Waals surface area contributed by atoms with Crippen LogP contribution in [0.25, 0.3) is 0 Å². The molecule has 0 atom stereocenters. The highest BCUT2D eigenvalue weighted by Gasteiger charge is 2.53. The van der Waals surface area contributed by atoms with E-state index in [9.17, 15) is 8.42 Å². The van der Waals surface area contributed by atoms with E-state index in [4.69, 9.17) is 0 Å². The monoisotopic (exact) mass is 326 g/mol. The topological polar surface area (TPSA) is 58.2 Å². The lowest BCUT2D eigenvalue weighted by molar-refractivity contribution is 0.431. The molecule has 3 fully saturated rings. The Labute approximate surface area is 130 Å². The number of sulfonamides is 1. The first kappa shape index (κ1) is 14.2. The van der Waals surface area contributed by atoms with E-state index in [0.717, 1.165) is 10.8 Å². The van der Waals surface area contributed by atoms with E-state index in [1.54, 1.807) is 6.07 Å². The van der Waals surface area contributed by atoms with Gasteiger partial charge >= 0.3 is 0 Å². The lowest BCUT2D eigenvalue weighted by atomic mass is 10.0. The van der Waals surface area contributed by atoms with Crippen molar-refractivity contribution in [2.24, 2.45) is 11.3 Å². The van der Waals surface area contributed by atoms with Gasteiger partial charge < -0.3 is 5.32 Å². The number of rotatable bonds is 8. The molecule has 0 amide bonds. The van der Waals surface area contributed by atoms with Gasteiger partial charge in [0.25, 0.3) is 0 Å². The largest absolute Gasteiger partial charge is 0.309 e. The molecule has 0 bridgehead atoms. The lowest BCUT2D eigenvalue weighted by Gasteiger charge is -2.15. The highest BCUT2D eigenvalue weighted by molar-refractivity contribution is 7.89. The van der Waals surface area contributed by atoms with E-state index in [-0.39, 0.29) is 0 Å². The molecule has 21 heavy (non-hydrogen) atoms. The van der Waals surface area contributed by atoms with Crippen LogP contribution in [-0.4, -0.2) is 21.0 Å². The van der Waals surface area contributed by atoms with E-state index >= 15 is 0 Å². The molecule has 4 nitrogen and oxygen atoms in total. The second-order valence-electron chi connectivity index (χ2n) is 6.82. The molecule has 1 heterocycles. The zero-order valence-corrected chi connectivity index (χ0v) is 13.7. The van der Waals surface area contributed by atoms with Crippen LogP contribution < -0.4 is 10.0 Å². The van der Waals surface area contributed by atoms with E-state index in [1.807, 2.05) is 5.38 Å². The molecule has 0 spiro atoms. The molecule has 6 heteroatoms. The zero-order valence-electron chi connectivity index (χ0n) is 12.1. The molecule has 2 N–H and O–H groups in total. The molecule has 3 aliphatic rings. The Morgan fingerprint density at radius 1 is 1.24 bits per heavy atom. The Balaban J connectivity index is 1.42. The molecule has 1 aromatic heterocycles. The summed E-state index contributed by atoms with van der Waals surface area (Å²) >= 11 is 1.53. The van der Waals surface area contributed by atoms with Crippen LogP contribution in [0, 0.1) is 11.3 Å². The normalized spacial score (nSPS) is 24.2. The Morgan fingerprint density at radius 2 is 2.00 bits per heavy atom. The third-order valence-electron chi connectivity index (χ3n) is 5.07. The van der Waals surface area contributed by atoms with Gasteiger partial charge in [0.15, 0.2) is 0 Å². The van der Waals surface area contributed by atoms with Gasteiger partial charge in [-0.3, -0.25) is 0 Å². The molecule has 3 saturated carbocycles. The van der Waals surface area contributed by atoms with Crippen molar-refractivity contribution in [2.45, 2.75) is 56.0 Å². The number of hydrogen-bond donors (Lipinski definition) is 2. The van der Waals surface area contributed by atoms with Crippen LogP contribution in [0.1, 0.15) is 43.4 Å². The van der Waals surface area contributed by atoms with Gasteiger partial charge in [0.05, 0.1) is 4.90 Å². The molecule has 116 valence electrons. The maximum absolute atomic E-state index is 12.6.